The number of hydrogen-bond acceptors (Lipinski definition) is 4. The van der Waals surface area contributed by atoms with Crippen LogP contribution in [0, 0.1) is 0 Å². The highest BCUT2D eigenvalue weighted by atomic mass is 16.5. The Bertz CT molecular complexity index is 926. The van der Waals surface area contributed by atoms with E-state index in [-0.39, 0.29) is 5.91 Å². The number of imidazole rings is 1. The van der Waals surface area contributed by atoms with Crippen molar-refractivity contribution in [3.8, 4) is 5.88 Å². The molecule has 0 atom stereocenters. The Balaban J connectivity index is 1.57. The van der Waals surface area contributed by atoms with Crippen LogP contribution in [0.5, 0.6) is 5.88 Å². The molecule has 3 aromatic rings. The van der Waals surface area contributed by atoms with E-state index in [9.17, 15) is 4.79 Å². The normalized spacial score (nSPS) is 16.3. The zero-order valence-electron chi connectivity index (χ0n) is 12.5. The molecule has 2 aliphatic rings. The second-order valence-corrected chi connectivity index (χ2v) is 5.80. The van der Waals surface area contributed by atoms with Crippen molar-refractivity contribution in [2.24, 2.45) is 0 Å². The van der Waals surface area contributed by atoms with Crippen LogP contribution in [0.25, 0.3) is 11.0 Å². The third-order valence-electron chi connectivity index (χ3n) is 4.44. The Hall–Kier alpha value is -2.83. The number of aromatic nitrogens is 4. The van der Waals surface area contributed by atoms with Gasteiger partial charge in [0, 0.05) is 26.1 Å². The topological polar surface area (TPSA) is 65.2 Å². The second kappa shape index (κ2) is 4.58. The van der Waals surface area contributed by atoms with Crippen molar-refractivity contribution in [1.82, 2.24) is 19.3 Å². The van der Waals surface area contributed by atoms with Crippen LogP contribution in [0.4, 0.5) is 5.95 Å². The molecule has 0 saturated heterocycles. The molecule has 2 aliphatic heterocycles. The van der Waals surface area contributed by atoms with Gasteiger partial charge in [0.1, 0.15) is 5.56 Å². The van der Waals surface area contributed by atoms with Crippen LogP contribution < -0.4 is 9.64 Å². The van der Waals surface area contributed by atoms with Gasteiger partial charge in [0.2, 0.25) is 11.8 Å². The number of amides is 1. The molecule has 0 N–H and O–H groups in total. The number of carbonyl (C=O) groups is 1. The highest BCUT2D eigenvalue weighted by molar-refractivity contribution is 6.07. The molecule has 0 spiro atoms. The maximum atomic E-state index is 13.0. The lowest BCUT2D eigenvalue weighted by Gasteiger charge is -2.18. The van der Waals surface area contributed by atoms with Gasteiger partial charge in [-0.2, -0.15) is 5.10 Å². The van der Waals surface area contributed by atoms with E-state index in [0.29, 0.717) is 30.5 Å². The molecule has 23 heavy (non-hydrogen) atoms. The quantitative estimate of drug-likeness (QED) is 0.686. The number of aryl methyl sites for hydroxylation is 1. The third-order valence-corrected chi connectivity index (χ3v) is 4.44. The molecule has 1 amide bonds. The minimum Gasteiger partial charge on any atom is -0.477 e. The van der Waals surface area contributed by atoms with E-state index in [1.807, 2.05) is 24.3 Å². The number of para-hydroxylation sites is 2. The Morgan fingerprint density at radius 3 is 3.04 bits per heavy atom. The fourth-order valence-electron chi connectivity index (χ4n) is 3.34. The fourth-order valence-corrected chi connectivity index (χ4v) is 3.34. The van der Waals surface area contributed by atoms with E-state index in [1.54, 1.807) is 15.8 Å². The number of ether oxygens (including phenoxy) is 1. The van der Waals surface area contributed by atoms with Crippen LogP contribution in [0.3, 0.4) is 0 Å². The van der Waals surface area contributed by atoms with Gasteiger partial charge >= 0.3 is 0 Å². The van der Waals surface area contributed by atoms with Crippen molar-refractivity contribution >= 4 is 22.9 Å². The molecule has 7 heteroatoms. The van der Waals surface area contributed by atoms with Crippen molar-refractivity contribution in [3.63, 3.8) is 0 Å². The van der Waals surface area contributed by atoms with Crippen LogP contribution >= 0.6 is 0 Å². The number of benzene rings is 1. The van der Waals surface area contributed by atoms with Crippen molar-refractivity contribution in [2.45, 2.75) is 19.5 Å². The number of rotatable bonds is 1. The first-order valence-corrected chi connectivity index (χ1v) is 7.79. The van der Waals surface area contributed by atoms with Crippen LogP contribution in [-0.2, 0) is 13.1 Å². The summed E-state index contributed by atoms with van der Waals surface area (Å²) in [6, 6.07) is 7.95. The SMILES string of the molecule is O=C(c1cnn2c1OCCC2)N1CCn2c1nc1ccccc12. The van der Waals surface area contributed by atoms with E-state index in [4.69, 9.17) is 4.74 Å². The first-order valence-electron chi connectivity index (χ1n) is 7.79. The van der Waals surface area contributed by atoms with Crippen LogP contribution in [0.2, 0.25) is 0 Å². The van der Waals surface area contributed by atoms with Gasteiger partial charge in [-0.25, -0.2) is 9.67 Å². The van der Waals surface area contributed by atoms with Crippen molar-refractivity contribution in [2.75, 3.05) is 18.1 Å². The Morgan fingerprint density at radius 2 is 2.09 bits per heavy atom. The fraction of sp³-hybridized carbons (Fsp3) is 0.312. The molecule has 0 bridgehead atoms. The Morgan fingerprint density at radius 1 is 1.17 bits per heavy atom. The van der Waals surface area contributed by atoms with Crippen molar-refractivity contribution in [3.05, 3.63) is 36.0 Å². The highest BCUT2D eigenvalue weighted by Crippen LogP contribution is 2.30. The molecule has 116 valence electrons. The molecule has 5 rings (SSSR count). The Kier molecular flexibility index (Phi) is 2.53. The lowest BCUT2D eigenvalue weighted by atomic mass is 10.3. The summed E-state index contributed by atoms with van der Waals surface area (Å²) in [5.41, 5.74) is 2.49. The molecule has 7 nitrogen and oxygen atoms in total. The maximum Gasteiger partial charge on any atom is 0.267 e. The number of anilines is 1. The van der Waals surface area contributed by atoms with Gasteiger partial charge in [-0.05, 0) is 12.1 Å². The number of hydrogen-bond donors (Lipinski definition) is 0. The molecule has 1 aromatic carbocycles. The van der Waals surface area contributed by atoms with E-state index < -0.39 is 0 Å². The summed E-state index contributed by atoms with van der Waals surface area (Å²) in [6.45, 7) is 2.80. The van der Waals surface area contributed by atoms with Crippen LogP contribution in [0.1, 0.15) is 16.8 Å². The monoisotopic (exact) mass is 309 g/mol. The average Bonchev–Trinajstić information content (AvgIpc) is 3.27. The average molecular weight is 309 g/mol. The Labute approximate surface area is 132 Å². The van der Waals surface area contributed by atoms with Gasteiger partial charge in [-0.15, -0.1) is 0 Å². The van der Waals surface area contributed by atoms with Crippen LogP contribution in [0.15, 0.2) is 30.5 Å². The zero-order chi connectivity index (χ0) is 15.4. The van der Waals surface area contributed by atoms with Crippen LogP contribution in [-0.4, -0.2) is 38.4 Å². The number of fused-ring (bicyclic) bond motifs is 4. The first-order chi connectivity index (χ1) is 11.3. The minimum atomic E-state index is -0.0952. The molecule has 4 heterocycles. The summed E-state index contributed by atoms with van der Waals surface area (Å²) < 4.78 is 9.50. The van der Waals surface area contributed by atoms with Gasteiger partial charge in [0.05, 0.1) is 23.8 Å². The van der Waals surface area contributed by atoms with Gasteiger partial charge < -0.3 is 9.30 Å². The highest BCUT2D eigenvalue weighted by Gasteiger charge is 2.32. The predicted molar refractivity (Wildman–Crippen MR) is 83.7 cm³/mol. The van der Waals surface area contributed by atoms with Gasteiger partial charge in [0.15, 0.2) is 0 Å². The second-order valence-electron chi connectivity index (χ2n) is 5.80. The number of nitrogens with zero attached hydrogens (tertiary/aromatic N) is 5. The van der Waals surface area contributed by atoms with Gasteiger partial charge in [-0.1, -0.05) is 12.1 Å². The molecule has 2 aromatic heterocycles. The lowest BCUT2D eigenvalue weighted by molar-refractivity contribution is 0.0982. The van der Waals surface area contributed by atoms with Gasteiger partial charge in [0.25, 0.3) is 5.91 Å². The summed E-state index contributed by atoms with van der Waals surface area (Å²) in [5.74, 6) is 1.19. The molecule has 0 fully saturated rings. The number of carbonyl (C=O) groups excluding carboxylic acids is 1. The minimum absolute atomic E-state index is 0.0952. The molecular formula is C16H15N5O2. The maximum absolute atomic E-state index is 13.0. The summed E-state index contributed by atoms with van der Waals surface area (Å²) in [5, 5.41) is 4.26. The summed E-state index contributed by atoms with van der Waals surface area (Å²) in [7, 11) is 0. The summed E-state index contributed by atoms with van der Waals surface area (Å²) in [6.07, 6.45) is 2.52. The standard InChI is InChI=1S/C16H15N5O2/c22-14(11-10-17-21-6-3-9-23-15(11)21)20-8-7-19-13-5-2-1-4-12(13)18-16(19)20/h1-2,4-5,10H,3,6-9H2. The molecule has 0 aliphatic carbocycles. The molecule has 0 saturated carbocycles. The zero-order valence-corrected chi connectivity index (χ0v) is 12.5. The predicted octanol–water partition coefficient (Wildman–Crippen LogP) is 1.68. The first kappa shape index (κ1) is 12.7. The summed E-state index contributed by atoms with van der Waals surface area (Å²) >= 11 is 0. The van der Waals surface area contributed by atoms with E-state index in [2.05, 4.69) is 14.6 Å². The molecular weight excluding hydrogens is 294 g/mol. The van der Waals surface area contributed by atoms with E-state index in [0.717, 1.165) is 30.5 Å². The molecule has 0 radical (unpaired) electrons. The largest absolute Gasteiger partial charge is 0.477 e. The van der Waals surface area contributed by atoms with E-state index >= 15 is 0 Å². The van der Waals surface area contributed by atoms with Gasteiger partial charge in [-0.3, -0.25) is 9.69 Å². The third kappa shape index (κ3) is 1.73. The van der Waals surface area contributed by atoms with Crippen molar-refractivity contribution in [1.29, 1.82) is 0 Å². The smallest absolute Gasteiger partial charge is 0.267 e. The van der Waals surface area contributed by atoms with E-state index in [1.165, 1.54) is 0 Å². The summed E-state index contributed by atoms with van der Waals surface area (Å²) in [4.78, 5) is 19.3. The lowest BCUT2D eigenvalue weighted by Crippen LogP contribution is -2.30. The van der Waals surface area contributed by atoms with Crippen molar-refractivity contribution < 1.29 is 9.53 Å². The molecule has 0 unspecified atom stereocenters.